The van der Waals surface area contributed by atoms with Crippen LogP contribution in [-0.4, -0.2) is 27.3 Å². The molecule has 0 aliphatic carbocycles. The summed E-state index contributed by atoms with van der Waals surface area (Å²) in [6.07, 6.45) is 0.639. The molecule has 0 saturated heterocycles. The molecule has 0 spiro atoms. The van der Waals surface area contributed by atoms with E-state index in [0.717, 1.165) is 11.6 Å². The third-order valence-electron chi connectivity index (χ3n) is 4.25. The van der Waals surface area contributed by atoms with Crippen molar-refractivity contribution in [2.45, 2.75) is 32.9 Å². The maximum Gasteiger partial charge on any atom is 0.407 e. The number of pyridine rings is 1. The maximum absolute atomic E-state index is 13.8. The normalized spacial score (nSPS) is 11.3. The molecule has 2 aromatic carbocycles. The summed E-state index contributed by atoms with van der Waals surface area (Å²) in [5.74, 6) is -1.91. The van der Waals surface area contributed by atoms with Crippen LogP contribution in [0.5, 0.6) is 0 Å². The molecule has 1 heterocycles. The summed E-state index contributed by atoms with van der Waals surface area (Å²) in [5, 5.41) is 12.1. The average Bonchev–Trinajstić information content (AvgIpc) is 2.65. The molecular weight excluding hydrogens is 391 g/mol. The van der Waals surface area contributed by atoms with E-state index in [1.807, 2.05) is 0 Å². The molecule has 0 aliphatic heterocycles. The summed E-state index contributed by atoms with van der Waals surface area (Å²) in [7, 11) is 0. The fourth-order valence-corrected chi connectivity index (χ4v) is 2.93. The van der Waals surface area contributed by atoms with Gasteiger partial charge in [-0.3, -0.25) is 4.79 Å². The van der Waals surface area contributed by atoms with Crippen molar-refractivity contribution in [3.05, 3.63) is 75.8 Å². The number of aromatic nitrogens is 1. The van der Waals surface area contributed by atoms with Crippen LogP contribution >= 0.6 is 0 Å². The van der Waals surface area contributed by atoms with E-state index in [2.05, 4.69) is 5.32 Å². The predicted octanol–water partition coefficient (Wildman–Crippen LogP) is 3.85. The number of benzene rings is 2. The van der Waals surface area contributed by atoms with Crippen molar-refractivity contribution in [2.24, 2.45) is 0 Å². The highest BCUT2D eigenvalue weighted by atomic mass is 19.1. The van der Waals surface area contributed by atoms with Crippen molar-refractivity contribution in [1.29, 1.82) is 0 Å². The quantitative estimate of drug-likeness (QED) is 0.678. The van der Waals surface area contributed by atoms with Gasteiger partial charge in [0.15, 0.2) is 0 Å². The second-order valence-corrected chi connectivity index (χ2v) is 7.73. The van der Waals surface area contributed by atoms with Gasteiger partial charge in [0.05, 0.1) is 5.52 Å². The van der Waals surface area contributed by atoms with E-state index in [4.69, 9.17) is 4.74 Å². The fraction of sp³-hybridized carbons (Fsp3) is 0.227. The number of hydrogen-bond acceptors (Lipinski definition) is 4. The number of alkyl carbamates (subject to hydrolysis) is 1. The largest absolute Gasteiger partial charge is 0.477 e. The number of rotatable bonds is 4. The van der Waals surface area contributed by atoms with Gasteiger partial charge in [-0.25, -0.2) is 14.0 Å². The second kappa shape index (κ2) is 7.98. The van der Waals surface area contributed by atoms with Gasteiger partial charge in [-0.1, -0.05) is 12.1 Å². The van der Waals surface area contributed by atoms with Gasteiger partial charge in [0.2, 0.25) is 5.43 Å². The Labute approximate surface area is 171 Å². The van der Waals surface area contributed by atoms with E-state index in [1.165, 1.54) is 22.9 Å². The van der Waals surface area contributed by atoms with Gasteiger partial charge in [-0.05, 0) is 56.7 Å². The lowest BCUT2D eigenvalue weighted by Crippen LogP contribution is -2.32. The molecule has 0 fully saturated rings. The zero-order chi connectivity index (χ0) is 22.1. The number of fused-ring (bicyclic) bond motifs is 1. The van der Waals surface area contributed by atoms with Crippen LogP contribution in [-0.2, 0) is 11.3 Å². The summed E-state index contributed by atoms with van der Waals surface area (Å²) in [6, 6.07) is 10.4. The van der Waals surface area contributed by atoms with Crippen LogP contribution < -0.4 is 10.7 Å². The highest BCUT2D eigenvalue weighted by Crippen LogP contribution is 2.20. The first kappa shape index (κ1) is 21.0. The minimum Gasteiger partial charge on any atom is -0.477 e. The monoisotopic (exact) mass is 412 g/mol. The Morgan fingerprint density at radius 2 is 1.80 bits per heavy atom. The molecule has 1 aromatic heterocycles. The third-order valence-corrected chi connectivity index (χ3v) is 4.25. The van der Waals surface area contributed by atoms with E-state index >= 15 is 0 Å². The SMILES string of the molecule is CC(C)(C)OC(=O)NCc1ccc(-n2cc(C(=O)O)c(=O)c3ccc(F)cc32)cc1. The van der Waals surface area contributed by atoms with Gasteiger partial charge in [0.25, 0.3) is 0 Å². The summed E-state index contributed by atoms with van der Waals surface area (Å²) >= 11 is 0. The summed E-state index contributed by atoms with van der Waals surface area (Å²) < 4.78 is 20.4. The highest BCUT2D eigenvalue weighted by molar-refractivity contribution is 5.93. The zero-order valence-corrected chi connectivity index (χ0v) is 16.7. The van der Waals surface area contributed by atoms with Gasteiger partial charge in [0, 0.05) is 23.8 Å². The van der Waals surface area contributed by atoms with Crippen LogP contribution in [0.4, 0.5) is 9.18 Å². The van der Waals surface area contributed by atoms with Gasteiger partial charge in [-0.15, -0.1) is 0 Å². The Hall–Kier alpha value is -3.68. The number of carboxylic acid groups (broad SMARTS) is 1. The van der Waals surface area contributed by atoms with E-state index in [0.29, 0.717) is 5.69 Å². The van der Waals surface area contributed by atoms with Gasteiger partial charge in [-0.2, -0.15) is 0 Å². The molecule has 3 rings (SSSR count). The molecule has 156 valence electrons. The van der Waals surface area contributed by atoms with Gasteiger partial charge in [0.1, 0.15) is 17.0 Å². The van der Waals surface area contributed by atoms with Crippen molar-refractivity contribution in [2.75, 3.05) is 0 Å². The molecule has 8 heteroatoms. The number of carbonyl (C=O) groups is 2. The minimum atomic E-state index is -1.36. The smallest absolute Gasteiger partial charge is 0.407 e. The van der Waals surface area contributed by atoms with Crippen molar-refractivity contribution < 1.29 is 23.8 Å². The van der Waals surface area contributed by atoms with E-state index < -0.39 is 34.5 Å². The molecule has 0 atom stereocenters. The first-order chi connectivity index (χ1) is 14.0. The fourth-order valence-electron chi connectivity index (χ4n) is 2.93. The number of carbonyl (C=O) groups excluding carboxylic acids is 1. The van der Waals surface area contributed by atoms with E-state index in [9.17, 15) is 23.9 Å². The molecular formula is C22H21FN2O5. The molecule has 0 aliphatic rings. The number of nitrogens with one attached hydrogen (secondary N) is 1. The van der Waals surface area contributed by atoms with Crippen LogP contribution in [0.3, 0.4) is 0 Å². The molecule has 0 unspecified atom stereocenters. The number of hydrogen-bond donors (Lipinski definition) is 2. The Morgan fingerprint density at radius 1 is 1.13 bits per heavy atom. The Balaban J connectivity index is 1.93. The number of aromatic carboxylic acids is 1. The first-order valence-electron chi connectivity index (χ1n) is 9.19. The molecule has 0 radical (unpaired) electrons. The van der Waals surface area contributed by atoms with Crippen LogP contribution in [0.25, 0.3) is 16.6 Å². The van der Waals surface area contributed by atoms with Gasteiger partial charge >= 0.3 is 12.1 Å². The zero-order valence-electron chi connectivity index (χ0n) is 16.7. The molecule has 0 saturated carbocycles. The number of nitrogens with zero attached hydrogens (tertiary/aromatic N) is 1. The predicted molar refractivity (Wildman–Crippen MR) is 110 cm³/mol. The maximum atomic E-state index is 13.8. The summed E-state index contributed by atoms with van der Waals surface area (Å²) in [6.45, 7) is 5.54. The lowest BCUT2D eigenvalue weighted by atomic mass is 10.1. The number of halogens is 1. The first-order valence-corrected chi connectivity index (χ1v) is 9.19. The number of carboxylic acids is 1. The molecule has 3 aromatic rings. The molecule has 0 bridgehead atoms. The van der Waals surface area contributed by atoms with Crippen molar-refractivity contribution >= 4 is 23.0 Å². The van der Waals surface area contributed by atoms with Crippen LogP contribution in [0.1, 0.15) is 36.7 Å². The minimum absolute atomic E-state index is 0.104. The van der Waals surface area contributed by atoms with Gasteiger partial charge < -0.3 is 19.7 Å². The third kappa shape index (κ3) is 4.65. The van der Waals surface area contributed by atoms with Crippen LogP contribution in [0.15, 0.2) is 53.5 Å². The van der Waals surface area contributed by atoms with E-state index in [1.54, 1.807) is 45.0 Å². The molecule has 7 nitrogen and oxygen atoms in total. The van der Waals surface area contributed by atoms with Crippen LogP contribution in [0, 0.1) is 5.82 Å². The van der Waals surface area contributed by atoms with Crippen molar-refractivity contribution in [1.82, 2.24) is 9.88 Å². The molecule has 30 heavy (non-hydrogen) atoms. The molecule has 2 N–H and O–H groups in total. The highest BCUT2D eigenvalue weighted by Gasteiger charge is 2.17. The second-order valence-electron chi connectivity index (χ2n) is 7.73. The lowest BCUT2D eigenvalue weighted by Gasteiger charge is -2.19. The van der Waals surface area contributed by atoms with E-state index in [-0.39, 0.29) is 17.4 Å². The number of amides is 1. The standard InChI is InChI=1S/C22H21FN2O5/c1-22(2,3)30-21(29)24-11-13-4-7-15(8-5-13)25-12-17(20(27)28)19(26)16-9-6-14(23)10-18(16)25/h4-10,12H,11H2,1-3H3,(H,24,29)(H,27,28). The summed E-state index contributed by atoms with van der Waals surface area (Å²) in [4.78, 5) is 35.7. The number of ether oxygens (including phenoxy) is 1. The van der Waals surface area contributed by atoms with Crippen LogP contribution in [0.2, 0.25) is 0 Å². The lowest BCUT2D eigenvalue weighted by molar-refractivity contribution is 0.0523. The Morgan fingerprint density at radius 3 is 2.40 bits per heavy atom. The summed E-state index contributed by atoms with van der Waals surface area (Å²) in [5.41, 5.74) is -0.119. The topological polar surface area (TPSA) is 97.6 Å². The Bertz CT molecular complexity index is 1180. The van der Waals surface area contributed by atoms with Crippen molar-refractivity contribution in [3.8, 4) is 5.69 Å². The average molecular weight is 412 g/mol. The Kier molecular flexibility index (Phi) is 5.60. The van der Waals surface area contributed by atoms with Crippen molar-refractivity contribution in [3.63, 3.8) is 0 Å². The molecule has 1 amide bonds.